The third-order valence-corrected chi connectivity index (χ3v) is 3.97. The summed E-state index contributed by atoms with van der Waals surface area (Å²) in [5, 5.41) is 24.5. The van der Waals surface area contributed by atoms with E-state index in [4.69, 9.17) is 9.47 Å². The molecule has 0 bridgehead atoms. The van der Waals surface area contributed by atoms with Gasteiger partial charge in [-0.3, -0.25) is 24.4 Å². The maximum atomic E-state index is 13.0. The van der Waals surface area contributed by atoms with Crippen LogP contribution in [0.25, 0.3) is 0 Å². The quantitative estimate of drug-likeness (QED) is 0.525. The average Bonchev–Trinajstić information content (AvgIpc) is 2.93. The summed E-state index contributed by atoms with van der Waals surface area (Å²) in [5.74, 6) is -1.16. The first kappa shape index (κ1) is 20.7. The summed E-state index contributed by atoms with van der Waals surface area (Å²) in [4.78, 5) is 35.9. The minimum atomic E-state index is -1.26. The SMILES string of the molecule is COc1cc(CN(CC(=O)O)C(=O)c2c([N+](=O)[O-])c(C)nn2C)cc(OC)c1. The molecule has 0 saturated carbocycles. The van der Waals surface area contributed by atoms with E-state index < -0.39 is 29.0 Å². The number of carbonyl (C=O) groups excluding carboxylic acids is 1. The smallest absolute Gasteiger partial charge is 0.323 e. The summed E-state index contributed by atoms with van der Waals surface area (Å²) in [5.41, 5.74) is -0.147. The van der Waals surface area contributed by atoms with E-state index in [1.54, 1.807) is 18.2 Å². The van der Waals surface area contributed by atoms with Crippen molar-refractivity contribution in [3.63, 3.8) is 0 Å². The van der Waals surface area contributed by atoms with Crippen LogP contribution in [0, 0.1) is 17.0 Å². The van der Waals surface area contributed by atoms with E-state index in [9.17, 15) is 24.8 Å². The van der Waals surface area contributed by atoms with Crippen molar-refractivity contribution in [1.29, 1.82) is 0 Å². The number of benzene rings is 1. The number of carboxylic acid groups (broad SMARTS) is 1. The highest BCUT2D eigenvalue weighted by molar-refractivity contribution is 5.98. The Hall–Kier alpha value is -3.63. The largest absolute Gasteiger partial charge is 0.497 e. The highest BCUT2D eigenvalue weighted by atomic mass is 16.6. The molecular formula is C17H20N4O7. The number of hydrogen-bond acceptors (Lipinski definition) is 7. The minimum Gasteiger partial charge on any atom is -0.497 e. The molecule has 2 aromatic rings. The molecule has 11 heteroatoms. The fourth-order valence-electron chi connectivity index (χ4n) is 2.80. The van der Waals surface area contributed by atoms with E-state index in [-0.39, 0.29) is 17.9 Å². The molecule has 150 valence electrons. The van der Waals surface area contributed by atoms with Crippen LogP contribution in [0.4, 0.5) is 5.69 Å². The highest BCUT2D eigenvalue weighted by Crippen LogP contribution is 2.26. The van der Waals surface area contributed by atoms with Gasteiger partial charge in [0.25, 0.3) is 5.91 Å². The lowest BCUT2D eigenvalue weighted by Crippen LogP contribution is -2.36. The molecule has 0 aliphatic rings. The van der Waals surface area contributed by atoms with Crippen LogP contribution in [0.3, 0.4) is 0 Å². The Balaban J connectivity index is 2.47. The molecule has 0 radical (unpaired) electrons. The number of carbonyl (C=O) groups is 2. The monoisotopic (exact) mass is 392 g/mol. The number of aromatic nitrogens is 2. The molecule has 2 rings (SSSR count). The van der Waals surface area contributed by atoms with Crippen LogP contribution in [-0.4, -0.2) is 57.4 Å². The number of aryl methyl sites for hydroxylation is 2. The van der Waals surface area contributed by atoms with Gasteiger partial charge in [-0.1, -0.05) is 0 Å². The first-order valence-corrected chi connectivity index (χ1v) is 8.09. The van der Waals surface area contributed by atoms with Crippen molar-refractivity contribution < 1.29 is 29.1 Å². The molecule has 0 saturated heterocycles. The standard InChI is InChI=1S/C17H20N4O7/c1-10-15(21(25)26)16(19(2)18-10)17(24)20(9-14(22)23)8-11-5-12(27-3)7-13(6-11)28-4/h5-7H,8-9H2,1-4H3,(H,22,23). The summed E-state index contributed by atoms with van der Waals surface area (Å²) in [6.07, 6.45) is 0. The molecule has 1 N–H and O–H groups in total. The Bertz CT molecular complexity index is 900. The number of nitrogens with zero attached hydrogens (tertiary/aromatic N) is 4. The van der Waals surface area contributed by atoms with Gasteiger partial charge in [-0.05, 0) is 24.6 Å². The third-order valence-electron chi connectivity index (χ3n) is 3.97. The average molecular weight is 392 g/mol. The van der Waals surface area contributed by atoms with Crippen LogP contribution >= 0.6 is 0 Å². The van der Waals surface area contributed by atoms with E-state index in [0.717, 1.165) is 9.58 Å². The number of methoxy groups -OCH3 is 2. The summed E-state index contributed by atoms with van der Waals surface area (Å²) in [6.45, 7) is 0.628. The van der Waals surface area contributed by atoms with Crippen molar-refractivity contribution in [1.82, 2.24) is 14.7 Å². The van der Waals surface area contributed by atoms with Crippen molar-refractivity contribution in [2.75, 3.05) is 20.8 Å². The third kappa shape index (κ3) is 4.37. The summed E-state index contributed by atoms with van der Waals surface area (Å²) >= 11 is 0. The molecular weight excluding hydrogens is 372 g/mol. The molecule has 1 heterocycles. The van der Waals surface area contributed by atoms with Gasteiger partial charge in [-0.2, -0.15) is 5.10 Å². The lowest BCUT2D eigenvalue weighted by molar-refractivity contribution is -0.385. The number of hydrogen-bond donors (Lipinski definition) is 1. The van der Waals surface area contributed by atoms with E-state index in [1.165, 1.54) is 28.2 Å². The van der Waals surface area contributed by atoms with E-state index in [1.807, 2.05) is 0 Å². The first-order valence-electron chi connectivity index (χ1n) is 8.09. The van der Waals surface area contributed by atoms with E-state index in [2.05, 4.69) is 5.10 Å². The molecule has 28 heavy (non-hydrogen) atoms. The number of amides is 1. The lowest BCUT2D eigenvalue weighted by atomic mass is 10.1. The Morgan fingerprint density at radius 1 is 1.25 bits per heavy atom. The Labute approximate surface area is 160 Å². The molecule has 0 unspecified atom stereocenters. The Kier molecular flexibility index (Phi) is 6.18. The highest BCUT2D eigenvalue weighted by Gasteiger charge is 2.33. The Morgan fingerprint density at radius 2 is 1.82 bits per heavy atom. The van der Waals surface area contributed by atoms with Crippen LogP contribution < -0.4 is 9.47 Å². The molecule has 0 fully saturated rings. The predicted octanol–water partition coefficient (Wildman–Crippen LogP) is 1.38. The van der Waals surface area contributed by atoms with Gasteiger partial charge in [0.05, 0.1) is 19.1 Å². The summed E-state index contributed by atoms with van der Waals surface area (Å²) < 4.78 is 11.4. The zero-order valence-corrected chi connectivity index (χ0v) is 15.8. The normalized spacial score (nSPS) is 10.4. The predicted molar refractivity (Wildman–Crippen MR) is 96.5 cm³/mol. The number of rotatable bonds is 8. The van der Waals surface area contributed by atoms with Gasteiger partial charge in [0.2, 0.25) is 5.69 Å². The van der Waals surface area contributed by atoms with E-state index in [0.29, 0.717) is 17.1 Å². The summed E-state index contributed by atoms with van der Waals surface area (Å²) in [6, 6.07) is 4.86. The molecule has 0 aliphatic heterocycles. The second kappa shape index (κ2) is 8.37. The van der Waals surface area contributed by atoms with Crippen LogP contribution in [0.1, 0.15) is 21.7 Å². The maximum absolute atomic E-state index is 13.0. The van der Waals surface area contributed by atoms with Crippen LogP contribution in [0.15, 0.2) is 18.2 Å². The zero-order chi connectivity index (χ0) is 21.0. The second-order valence-corrected chi connectivity index (χ2v) is 5.94. The topological polar surface area (TPSA) is 137 Å². The van der Waals surface area contributed by atoms with Crippen molar-refractivity contribution in [2.24, 2.45) is 7.05 Å². The minimum absolute atomic E-state index is 0.0641. The van der Waals surface area contributed by atoms with Crippen LogP contribution in [0.5, 0.6) is 11.5 Å². The number of nitro groups is 1. The molecule has 0 spiro atoms. The molecule has 1 aromatic heterocycles. The van der Waals surface area contributed by atoms with Gasteiger partial charge in [-0.15, -0.1) is 0 Å². The van der Waals surface area contributed by atoms with Gasteiger partial charge in [0.1, 0.15) is 23.7 Å². The van der Waals surface area contributed by atoms with Crippen molar-refractivity contribution in [3.05, 3.63) is 45.3 Å². The molecule has 1 amide bonds. The zero-order valence-electron chi connectivity index (χ0n) is 15.8. The fraction of sp³-hybridized carbons (Fsp3) is 0.353. The van der Waals surface area contributed by atoms with Gasteiger partial charge in [0.15, 0.2) is 0 Å². The Morgan fingerprint density at radius 3 is 2.29 bits per heavy atom. The van der Waals surface area contributed by atoms with Gasteiger partial charge in [-0.25, -0.2) is 0 Å². The van der Waals surface area contributed by atoms with Crippen LogP contribution in [0.2, 0.25) is 0 Å². The second-order valence-electron chi connectivity index (χ2n) is 5.94. The van der Waals surface area contributed by atoms with Crippen molar-refractivity contribution >= 4 is 17.6 Å². The number of carboxylic acids is 1. The molecule has 1 aromatic carbocycles. The number of aliphatic carboxylic acids is 1. The van der Waals surface area contributed by atoms with Crippen molar-refractivity contribution in [3.8, 4) is 11.5 Å². The molecule has 0 aliphatic carbocycles. The lowest BCUT2D eigenvalue weighted by Gasteiger charge is -2.21. The van der Waals surface area contributed by atoms with Crippen molar-refractivity contribution in [2.45, 2.75) is 13.5 Å². The first-order chi connectivity index (χ1) is 13.2. The van der Waals surface area contributed by atoms with E-state index >= 15 is 0 Å². The molecule has 11 nitrogen and oxygen atoms in total. The molecule has 0 atom stereocenters. The number of ether oxygens (including phenoxy) is 2. The summed E-state index contributed by atoms with van der Waals surface area (Å²) in [7, 11) is 4.31. The van der Waals surface area contributed by atoms with Crippen LogP contribution in [-0.2, 0) is 18.4 Å². The maximum Gasteiger partial charge on any atom is 0.323 e. The van der Waals surface area contributed by atoms with Gasteiger partial charge in [0, 0.05) is 19.7 Å². The fourth-order valence-corrected chi connectivity index (χ4v) is 2.80. The van der Waals surface area contributed by atoms with Gasteiger partial charge < -0.3 is 19.5 Å². The van der Waals surface area contributed by atoms with Gasteiger partial charge >= 0.3 is 11.7 Å².